The maximum atomic E-state index is 13.0. The van der Waals surface area contributed by atoms with E-state index in [1.54, 1.807) is 11.5 Å². The number of para-hydroxylation sites is 2. The zero-order valence-electron chi connectivity index (χ0n) is 18.9. The fourth-order valence-corrected chi connectivity index (χ4v) is 4.56. The Balaban J connectivity index is 1.35. The van der Waals surface area contributed by atoms with Crippen molar-refractivity contribution in [2.24, 2.45) is 17.6 Å². The van der Waals surface area contributed by atoms with Crippen LogP contribution < -0.4 is 5.73 Å². The molecule has 1 aromatic heterocycles. The Morgan fingerprint density at radius 3 is 2.15 bits per heavy atom. The molecular weight excluding hydrogens is 422 g/mol. The van der Waals surface area contributed by atoms with E-state index in [-0.39, 0.29) is 18.6 Å². The third-order valence-electron chi connectivity index (χ3n) is 6.37. The molecule has 176 valence electrons. The zero-order chi connectivity index (χ0) is 23.4. The molecule has 1 aliphatic heterocycles. The molecule has 3 N–H and O–H groups in total. The van der Waals surface area contributed by atoms with Gasteiger partial charge in [0.2, 0.25) is 0 Å². The second kappa shape index (κ2) is 10.3. The highest BCUT2D eigenvalue weighted by molar-refractivity contribution is 6.12. The molecule has 0 saturated carbocycles. The Morgan fingerprint density at radius 2 is 1.61 bits per heavy atom. The number of rotatable bonds is 7. The van der Waals surface area contributed by atoms with E-state index in [0.29, 0.717) is 13.2 Å². The van der Waals surface area contributed by atoms with Gasteiger partial charge in [0.05, 0.1) is 24.2 Å². The number of carbonyl (C=O) groups excluding carboxylic acids is 2. The summed E-state index contributed by atoms with van der Waals surface area (Å²) in [6, 6.07) is 15.7. The molecule has 0 bridgehead atoms. The third kappa shape index (κ3) is 5.03. The predicted octanol–water partition coefficient (Wildman–Crippen LogP) is 2.95. The predicted molar refractivity (Wildman–Crippen MR) is 126 cm³/mol. The number of esters is 1. The second-order valence-corrected chi connectivity index (χ2v) is 8.54. The van der Waals surface area contributed by atoms with Crippen LogP contribution in [0.2, 0.25) is 0 Å². The van der Waals surface area contributed by atoms with Gasteiger partial charge in [-0.1, -0.05) is 36.4 Å². The van der Waals surface area contributed by atoms with Crippen LogP contribution in [0, 0.1) is 11.8 Å². The van der Waals surface area contributed by atoms with E-state index in [0.717, 1.165) is 47.7 Å². The summed E-state index contributed by atoms with van der Waals surface area (Å²) in [5.41, 5.74) is 7.26. The molecule has 1 aliphatic rings. The van der Waals surface area contributed by atoms with Crippen LogP contribution in [0.25, 0.3) is 21.8 Å². The molecule has 1 saturated heterocycles. The summed E-state index contributed by atoms with van der Waals surface area (Å²) in [6.07, 6.45) is 0.0326. The summed E-state index contributed by atoms with van der Waals surface area (Å²) in [4.78, 5) is 27.2. The van der Waals surface area contributed by atoms with Crippen LogP contribution in [0.1, 0.15) is 19.8 Å². The van der Waals surface area contributed by atoms with E-state index in [1.165, 1.54) is 0 Å². The zero-order valence-corrected chi connectivity index (χ0v) is 18.9. The summed E-state index contributed by atoms with van der Waals surface area (Å²) >= 11 is 0. The molecule has 2 aromatic carbocycles. The molecule has 2 atom stereocenters. The summed E-state index contributed by atoms with van der Waals surface area (Å²) in [7, 11) is 0. The fraction of sp³-hybridized carbons (Fsp3) is 0.440. The van der Waals surface area contributed by atoms with Crippen molar-refractivity contribution in [1.82, 2.24) is 9.47 Å². The Bertz CT molecular complexity index is 1060. The van der Waals surface area contributed by atoms with Gasteiger partial charge >= 0.3 is 12.1 Å². The van der Waals surface area contributed by atoms with Gasteiger partial charge in [0.15, 0.2) is 0 Å². The molecule has 0 radical (unpaired) electrons. The first-order chi connectivity index (χ1) is 16.0. The van der Waals surface area contributed by atoms with Crippen molar-refractivity contribution in [1.29, 1.82) is 0 Å². The maximum Gasteiger partial charge on any atom is 0.418 e. The number of likely N-dealkylation sites (tertiary alicyclic amines) is 1. The van der Waals surface area contributed by atoms with Crippen molar-refractivity contribution in [2.75, 3.05) is 32.8 Å². The number of benzene rings is 2. The minimum Gasteiger partial charge on any atom is -0.466 e. The lowest BCUT2D eigenvalue weighted by Gasteiger charge is -2.34. The smallest absolute Gasteiger partial charge is 0.418 e. The highest BCUT2D eigenvalue weighted by atomic mass is 16.5. The van der Waals surface area contributed by atoms with Crippen LogP contribution in [-0.2, 0) is 14.3 Å². The second-order valence-electron chi connectivity index (χ2n) is 8.54. The minimum absolute atomic E-state index is 0.238. The molecule has 0 aliphatic carbocycles. The van der Waals surface area contributed by atoms with E-state index >= 15 is 0 Å². The molecule has 2 unspecified atom stereocenters. The topological polar surface area (TPSA) is 107 Å². The van der Waals surface area contributed by atoms with E-state index in [4.69, 9.17) is 15.2 Å². The lowest BCUT2D eigenvalue weighted by Crippen LogP contribution is -2.46. The van der Waals surface area contributed by atoms with Crippen LogP contribution >= 0.6 is 0 Å². The average Bonchev–Trinajstić information content (AvgIpc) is 3.16. The molecule has 8 nitrogen and oxygen atoms in total. The lowest BCUT2D eigenvalue weighted by atomic mass is 9.96. The fourth-order valence-electron chi connectivity index (χ4n) is 4.56. The Labute approximate surface area is 192 Å². The Morgan fingerprint density at radius 1 is 1.03 bits per heavy atom. The SMILES string of the molecule is CCOC(=O)C(CN1CCC(COC(=O)n2c3ccccc3c3ccccc32)CC1)C(N)O. The van der Waals surface area contributed by atoms with Crippen LogP contribution in [0.5, 0.6) is 0 Å². The monoisotopic (exact) mass is 453 g/mol. The average molecular weight is 454 g/mol. The molecular formula is C25H31N3O5. The van der Waals surface area contributed by atoms with E-state index < -0.39 is 18.1 Å². The van der Waals surface area contributed by atoms with Gasteiger partial charge in [0.25, 0.3) is 0 Å². The number of nitrogens with two attached hydrogens (primary N) is 1. The number of aromatic nitrogens is 1. The summed E-state index contributed by atoms with van der Waals surface area (Å²) in [5.74, 6) is -1.01. The summed E-state index contributed by atoms with van der Waals surface area (Å²) in [5, 5.41) is 11.8. The van der Waals surface area contributed by atoms with Crippen LogP contribution in [0.3, 0.4) is 0 Å². The van der Waals surface area contributed by atoms with Crippen molar-refractivity contribution in [3.63, 3.8) is 0 Å². The summed E-state index contributed by atoms with van der Waals surface area (Å²) in [6.45, 7) is 4.14. The number of aliphatic hydroxyl groups is 1. The van der Waals surface area contributed by atoms with E-state index in [9.17, 15) is 14.7 Å². The number of ether oxygens (including phenoxy) is 2. The highest BCUT2D eigenvalue weighted by Crippen LogP contribution is 2.29. The van der Waals surface area contributed by atoms with Crippen molar-refractivity contribution >= 4 is 33.9 Å². The number of carbonyl (C=O) groups is 2. The first kappa shape index (κ1) is 23.2. The number of fused-ring (bicyclic) bond motifs is 3. The largest absolute Gasteiger partial charge is 0.466 e. The normalized spacial score (nSPS) is 17.2. The molecule has 2 heterocycles. The molecule has 0 spiro atoms. The number of hydrogen-bond donors (Lipinski definition) is 2. The van der Waals surface area contributed by atoms with Crippen LogP contribution in [0.4, 0.5) is 4.79 Å². The van der Waals surface area contributed by atoms with E-state index in [2.05, 4.69) is 4.90 Å². The van der Waals surface area contributed by atoms with E-state index in [1.807, 2.05) is 48.5 Å². The van der Waals surface area contributed by atoms with Crippen molar-refractivity contribution < 1.29 is 24.2 Å². The van der Waals surface area contributed by atoms with Crippen molar-refractivity contribution in [3.05, 3.63) is 48.5 Å². The maximum absolute atomic E-state index is 13.0. The van der Waals surface area contributed by atoms with Crippen LogP contribution in [-0.4, -0.2) is 65.7 Å². The Kier molecular flexibility index (Phi) is 7.27. The minimum atomic E-state index is -1.26. The van der Waals surface area contributed by atoms with Crippen LogP contribution in [0.15, 0.2) is 48.5 Å². The molecule has 3 aromatic rings. The van der Waals surface area contributed by atoms with Gasteiger partial charge in [-0.15, -0.1) is 0 Å². The molecule has 8 heteroatoms. The molecule has 33 heavy (non-hydrogen) atoms. The highest BCUT2D eigenvalue weighted by Gasteiger charge is 2.30. The Hall–Kier alpha value is -2.94. The first-order valence-corrected chi connectivity index (χ1v) is 11.5. The molecule has 1 fully saturated rings. The van der Waals surface area contributed by atoms with Gasteiger partial charge in [0.1, 0.15) is 12.1 Å². The van der Waals surface area contributed by atoms with Gasteiger partial charge < -0.3 is 25.2 Å². The first-order valence-electron chi connectivity index (χ1n) is 11.5. The summed E-state index contributed by atoms with van der Waals surface area (Å²) < 4.78 is 12.4. The van der Waals surface area contributed by atoms with Gasteiger partial charge in [-0.2, -0.15) is 0 Å². The number of hydrogen-bond acceptors (Lipinski definition) is 7. The quantitative estimate of drug-likeness (QED) is 0.418. The molecule has 0 amide bonds. The third-order valence-corrected chi connectivity index (χ3v) is 6.37. The van der Waals surface area contributed by atoms with Gasteiger partial charge in [0, 0.05) is 17.3 Å². The standard InChI is InChI=1S/C25H31N3O5/c1-2-32-24(30)20(23(26)29)15-27-13-11-17(12-14-27)16-33-25(31)28-21-9-5-3-7-18(21)19-8-4-6-10-22(19)28/h3-10,17,20,23,29H,2,11-16,26H2,1H3. The van der Waals surface area contributed by atoms with Gasteiger partial charge in [-0.05, 0) is 50.9 Å². The van der Waals surface area contributed by atoms with Gasteiger partial charge in [-0.25, -0.2) is 9.36 Å². The van der Waals surface area contributed by atoms with Gasteiger partial charge in [-0.3, -0.25) is 4.79 Å². The lowest BCUT2D eigenvalue weighted by molar-refractivity contribution is -0.153. The van der Waals surface area contributed by atoms with Crippen molar-refractivity contribution in [2.45, 2.75) is 26.0 Å². The molecule has 4 rings (SSSR count). The van der Waals surface area contributed by atoms with Crippen molar-refractivity contribution in [3.8, 4) is 0 Å². The number of nitrogens with zero attached hydrogens (tertiary/aromatic N) is 2. The number of aliphatic hydroxyl groups excluding tert-OH is 1. The number of piperidine rings is 1.